The van der Waals surface area contributed by atoms with Gasteiger partial charge in [0, 0.05) is 41.9 Å². The van der Waals surface area contributed by atoms with Crippen LogP contribution in [0.15, 0.2) is 30.3 Å². The number of fused-ring (bicyclic) bond motifs is 2. The Morgan fingerprint density at radius 1 is 1.21 bits per heavy atom. The quantitative estimate of drug-likeness (QED) is 0.428. The Morgan fingerprint density at radius 3 is 3.00 bits per heavy atom. The topological polar surface area (TPSA) is 105 Å². The van der Waals surface area contributed by atoms with E-state index in [-0.39, 0.29) is 0 Å². The lowest BCUT2D eigenvalue weighted by Crippen LogP contribution is -2.25. The van der Waals surface area contributed by atoms with Crippen LogP contribution < -0.4 is 11.1 Å². The third-order valence-corrected chi connectivity index (χ3v) is 5.30. The Bertz CT molecular complexity index is 1140. The van der Waals surface area contributed by atoms with E-state index in [1.54, 1.807) is 0 Å². The van der Waals surface area contributed by atoms with Crippen molar-refractivity contribution in [3.8, 4) is 11.3 Å². The van der Waals surface area contributed by atoms with Gasteiger partial charge in [-0.3, -0.25) is 0 Å². The average molecular weight is 376 g/mol. The Morgan fingerprint density at radius 2 is 2.14 bits per heavy atom. The van der Waals surface area contributed by atoms with Crippen molar-refractivity contribution in [3.63, 3.8) is 0 Å². The van der Waals surface area contributed by atoms with Crippen LogP contribution in [0.1, 0.15) is 24.2 Å². The van der Waals surface area contributed by atoms with Crippen LogP contribution in [0.3, 0.4) is 0 Å². The lowest BCUT2D eigenvalue weighted by molar-refractivity contribution is 0.110. The van der Waals surface area contributed by atoms with Crippen LogP contribution in [0.4, 0.5) is 5.82 Å². The molecule has 1 aliphatic rings. The maximum absolute atomic E-state index is 6.00. The molecule has 7 nitrogen and oxygen atoms in total. The number of H-pyrrole nitrogens is 2. The molecule has 0 amide bonds. The number of aryl methyl sites for hydroxylation is 1. The summed E-state index contributed by atoms with van der Waals surface area (Å²) >= 11 is 0. The lowest BCUT2D eigenvalue weighted by Gasteiger charge is -2.10. The Labute approximate surface area is 162 Å². The molecule has 28 heavy (non-hydrogen) atoms. The summed E-state index contributed by atoms with van der Waals surface area (Å²) in [6.45, 7) is 4.56. The van der Waals surface area contributed by atoms with Gasteiger partial charge in [0.1, 0.15) is 11.6 Å². The molecule has 7 heteroatoms. The number of ether oxygens (including phenoxy) is 1. The van der Waals surface area contributed by atoms with Gasteiger partial charge in [0.25, 0.3) is 0 Å². The van der Waals surface area contributed by atoms with Gasteiger partial charge in [-0.2, -0.15) is 0 Å². The van der Waals surface area contributed by atoms with Crippen LogP contribution in [-0.2, 0) is 11.3 Å². The van der Waals surface area contributed by atoms with E-state index < -0.39 is 0 Å². The molecule has 1 atom stereocenters. The van der Waals surface area contributed by atoms with E-state index in [0.717, 1.165) is 54.2 Å². The Hall–Kier alpha value is -2.90. The van der Waals surface area contributed by atoms with Gasteiger partial charge < -0.3 is 25.8 Å². The van der Waals surface area contributed by atoms with Crippen molar-refractivity contribution in [2.24, 2.45) is 0 Å². The summed E-state index contributed by atoms with van der Waals surface area (Å²) in [7, 11) is 0. The highest BCUT2D eigenvalue weighted by Gasteiger charge is 2.15. The van der Waals surface area contributed by atoms with E-state index in [9.17, 15) is 0 Å². The molecular weight excluding hydrogens is 352 g/mol. The minimum absolute atomic E-state index is 0.361. The predicted molar refractivity (Wildman–Crippen MR) is 111 cm³/mol. The van der Waals surface area contributed by atoms with Crippen molar-refractivity contribution >= 4 is 27.9 Å². The maximum Gasteiger partial charge on any atom is 0.180 e. The lowest BCUT2D eigenvalue weighted by atomic mass is 10.1. The molecule has 0 radical (unpaired) electrons. The summed E-state index contributed by atoms with van der Waals surface area (Å²) in [4.78, 5) is 15.5. The highest BCUT2D eigenvalue weighted by atomic mass is 16.5. The van der Waals surface area contributed by atoms with Crippen molar-refractivity contribution in [1.82, 2.24) is 25.3 Å². The summed E-state index contributed by atoms with van der Waals surface area (Å²) < 4.78 is 5.67. The van der Waals surface area contributed by atoms with Crippen LogP contribution in [-0.4, -0.2) is 39.2 Å². The molecule has 1 aliphatic heterocycles. The fourth-order valence-corrected chi connectivity index (χ4v) is 3.96. The summed E-state index contributed by atoms with van der Waals surface area (Å²) in [5.74, 6) is 1.29. The largest absolute Gasteiger partial charge is 0.384 e. The summed E-state index contributed by atoms with van der Waals surface area (Å²) in [5.41, 5.74) is 11.9. The first kappa shape index (κ1) is 17.2. The van der Waals surface area contributed by atoms with Gasteiger partial charge in [0.05, 0.1) is 11.6 Å². The molecule has 0 unspecified atom stereocenters. The average Bonchev–Trinajstić information content (AvgIpc) is 3.39. The summed E-state index contributed by atoms with van der Waals surface area (Å²) in [6.07, 6.45) is 2.69. The molecule has 4 heterocycles. The number of benzene rings is 1. The molecule has 1 fully saturated rings. The molecule has 5 N–H and O–H groups in total. The number of aromatic nitrogens is 4. The molecule has 1 aromatic carbocycles. The highest BCUT2D eigenvalue weighted by molar-refractivity contribution is 5.95. The van der Waals surface area contributed by atoms with Gasteiger partial charge in [-0.15, -0.1) is 0 Å². The van der Waals surface area contributed by atoms with Crippen molar-refractivity contribution in [1.29, 1.82) is 0 Å². The number of hydrogen-bond donors (Lipinski definition) is 4. The van der Waals surface area contributed by atoms with E-state index in [1.807, 2.05) is 13.0 Å². The van der Waals surface area contributed by atoms with Gasteiger partial charge in [-0.05, 0) is 49.6 Å². The number of hydrogen-bond acceptors (Lipinski definition) is 5. The van der Waals surface area contributed by atoms with E-state index in [2.05, 4.69) is 49.5 Å². The van der Waals surface area contributed by atoms with Crippen LogP contribution in [0.5, 0.6) is 0 Å². The first-order valence-electron chi connectivity index (χ1n) is 9.73. The Kier molecular flexibility index (Phi) is 4.26. The van der Waals surface area contributed by atoms with Crippen molar-refractivity contribution in [2.45, 2.75) is 32.4 Å². The standard InChI is InChI=1S/C21H24N6O/c1-12-24-20-16(9-19(22)27-21(20)25-12)18-8-14-7-13(4-5-17(14)26-18)10-23-11-15-3-2-6-28-15/h4-5,7-9,15,23,26H,2-3,6,10-11H2,1H3,(H3,22,24,25,27)/t15-/m0/s1. The molecule has 0 aliphatic carbocycles. The number of imidazole rings is 1. The fourth-order valence-electron chi connectivity index (χ4n) is 3.96. The number of nitrogens with two attached hydrogens (primary N) is 1. The van der Waals surface area contributed by atoms with Crippen LogP contribution in [0.25, 0.3) is 33.3 Å². The van der Waals surface area contributed by atoms with Crippen LogP contribution >= 0.6 is 0 Å². The van der Waals surface area contributed by atoms with Gasteiger partial charge in [0.2, 0.25) is 0 Å². The van der Waals surface area contributed by atoms with E-state index in [0.29, 0.717) is 17.6 Å². The van der Waals surface area contributed by atoms with E-state index in [1.165, 1.54) is 17.4 Å². The van der Waals surface area contributed by atoms with Gasteiger partial charge in [-0.25, -0.2) is 9.97 Å². The van der Waals surface area contributed by atoms with Gasteiger partial charge in [-0.1, -0.05) is 6.07 Å². The number of rotatable bonds is 5. The first-order chi connectivity index (χ1) is 13.7. The molecule has 3 aromatic heterocycles. The molecule has 0 saturated carbocycles. The fraction of sp³-hybridized carbons (Fsp3) is 0.333. The molecule has 144 valence electrons. The SMILES string of the molecule is Cc1nc2nc(N)cc(-c3cc4cc(CNC[C@@H]5CCCO5)ccc4[nH]3)c2[nH]1. The van der Waals surface area contributed by atoms with Crippen LogP contribution in [0, 0.1) is 6.92 Å². The molecular formula is C21H24N6O. The number of aromatic amines is 2. The van der Waals surface area contributed by atoms with Crippen molar-refractivity contribution in [3.05, 3.63) is 41.7 Å². The zero-order chi connectivity index (χ0) is 19.1. The Balaban J connectivity index is 1.42. The smallest absolute Gasteiger partial charge is 0.180 e. The van der Waals surface area contributed by atoms with Crippen molar-refractivity contribution < 1.29 is 4.74 Å². The first-order valence-corrected chi connectivity index (χ1v) is 9.73. The number of pyridine rings is 1. The van der Waals surface area contributed by atoms with E-state index >= 15 is 0 Å². The second-order valence-electron chi connectivity index (χ2n) is 7.49. The maximum atomic E-state index is 6.00. The zero-order valence-electron chi connectivity index (χ0n) is 15.9. The second kappa shape index (κ2) is 6.92. The molecule has 0 spiro atoms. The third kappa shape index (κ3) is 3.23. The number of nitrogens with zero attached hydrogens (tertiary/aromatic N) is 2. The highest BCUT2D eigenvalue weighted by Crippen LogP contribution is 2.30. The number of nitrogens with one attached hydrogen (secondary N) is 3. The van der Waals surface area contributed by atoms with E-state index in [4.69, 9.17) is 10.5 Å². The second-order valence-corrected chi connectivity index (χ2v) is 7.49. The third-order valence-electron chi connectivity index (χ3n) is 5.30. The summed E-state index contributed by atoms with van der Waals surface area (Å²) in [6, 6.07) is 10.5. The normalized spacial score (nSPS) is 17.1. The molecule has 1 saturated heterocycles. The zero-order valence-corrected chi connectivity index (χ0v) is 15.9. The molecule has 4 aromatic rings. The number of nitrogen functional groups attached to an aromatic ring is 1. The summed E-state index contributed by atoms with van der Waals surface area (Å²) in [5, 5.41) is 4.68. The predicted octanol–water partition coefficient (Wildman–Crippen LogP) is 3.27. The van der Waals surface area contributed by atoms with Gasteiger partial charge in [0.15, 0.2) is 5.65 Å². The number of anilines is 1. The minimum Gasteiger partial charge on any atom is -0.384 e. The van der Waals surface area contributed by atoms with Crippen molar-refractivity contribution in [2.75, 3.05) is 18.9 Å². The molecule has 5 rings (SSSR count). The molecule has 0 bridgehead atoms. The monoisotopic (exact) mass is 376 g/mol. The van der Waals surface area contributed by atoms with Gasteiger partial charge >= 0.3 is 0 Å². The minimum atomic E-state index is 0.361. The van der Waals surface area contributed by atoms with Crippen LogP contribution in [0.2, 0.25) is 0 Å².